The lowest BCUT2D eigenvalue weighted by molar-refractivity contribution is 0.0452. The van der Waals surface area contributed by atoms with Crippen LogP contribution in [0.25, 0.3) is 0 Å². The number of nitrogens with zero attached hydrogens (tertiary/aromatic N) is 2. The van der Waals surface area contributed by atoms with Gasteiger partial charge in [0.25, 0.3) is 5.91 Å². The van der Waals surface area contributed by atoms with Crippen LogP contribution >= 0.6 is 0 Å². The number of carbonyl (C=O) groups excluding carboxylic acids is 1. The van der Waals surface area contributed by atoms with E-state index in [9.17, 15) is 9.90 Å². The number of carbonyl (C=O) groups is 1. The molecule has 0 aromatic carbocycles. The molecule has 2 fully saturated rings. The molecule has 1 aliphatic carbocycles. The van der Waals surface area contributed by atoms with Crippen LogP contribution in [-0.4, -0.2) is 60.4 Å². The second-order valence-electron chi connectivity index (χ2n) is 7.80. The van der Waals surface area contributed by atoms with Gasteiger partial charge < -0.3 is 24.3 Å². The Labute approximate surface area is 169 Å². The van der Waals surface area contributed by atoms with Gasteiger partial charge in [-0.1, -0.05) is 0 Å². The van der Waals surface area contributed by atoms with Crippen LogP contribution in [0.4, 0.5) is 0 Å². The van der Waals surface area contributed by atoms with Crippen LogP contribution in [0, 0.1) is 11.8 Å². The molecular formula is C21H27N3O5. The largest absolute Gasteiger partial charge is 0.493 e. The zero-order valence-electron chi connectivity index (χ0n) is 16.7. The number of methoxy groups -OCH3 is 2. The number of pyridine rings is 1. The van der Waals surface area contributed by atoms with E-state index in [1.807, 2.05) is 0 Å². The van der Waals surface area contributed by atoms with Crippen molar-refractivity contribution >= 4 is 5.91 Å². The Hall–Kier alpha value is -2.58. The molecule has 8 heteroatoms. The molecule has 1 saturated heterocycles. The lowest BCUT2D eigenvalue weighted by Gasteiger charge is -2.35. The third-order valence-corrected chi connectivity index (χ3v) is 6.02. The van der Waals surface area contributed by atoms with Gasteiger partial charge in [0.15, 0.2) is 17.3 Å². The molecule has 1 saturated carbocycles. The van der Waals surface area contributed by atoms with Crippen molar-refractivity contribution in [2.24, 2.45) is 11.8 Å². The Morgan fingerprint density at radius 3 is 2.76 bits per heavy atom. The fourth-order valence-electron chi connectivity index (χ4n) is 4.63. The van der Waals surface area contributed by atoms with Gasteiger partial charge in [-0.3, -0.25) is 14.7 Å². The van der Waals surface area contributed by atoms with Crippen LogP contribution in [0.15, 0.2) is 35.1 Å². The van der Waals surface area contributed by atoms with E-state index in [1.165, 1.54) is 6.26 Å². The maximum absolute atomic E-state index is 12.3. The molecule has 0 radical (unpaired) electrons. The Kier molecular flexibility index (Phi) is 5.73. The average Bonchev–Trinajstić information content (AvgIpc) is 3.37. The number of aromatic nitrogens is 1. The Balaban J connectivity index is 1.39. The first-order valence-corrected chi connectivity index (χ1v) is 9.89. The van der Waals surface area contributed by atoms with Gasteiger partial charge in [0, 0.05) is 31.9 Å². The second-order valence-corrected chi connectivity index (χ2v) is 7.80. The van der Waals surface area contributed by atoms with Crippen LogP contribution in [-0.2, 0) is 6.54 Å². The topological polar surface area (TPSA) is 97.1 Å². The van der Waals surface area contributed by atoms with Crippen LogP contribution in [0.3, 0.4) is 0 Å². The van der Waals surface area contributed by atoms with Crippen molar-refractivity contribution in [2.75, 3.05) is 27.3 Å². The van der Waals surface area contributed by atoms with Gasteiger partial charge in [0.1, 0.15) is 5.69 Å². The van der Waals surface area contributed by atoms with Crippen LogP contribution < -0.4 is 14.8 Å². The summed E-state index contributed by atoms with van der Waals surface area (Å²) in [5.41, 5.74) is 0.841. The highest BCUT2D eigenvalue weighted by molar-refractivity contribution is 5.91. The number of likely N-dealkylation sites (tertiary alicyclic amines) is 1. The number of nitrogens with one attached hydrogen (secondary N) is 1. The lowest BCUT2D eigenvalue weighted by Crippen LogP contribution is -2.49. The molecule has 8 nitrogen and oxygen atoms in total. The summed E-state index contributed by atoms with van der Waals surface area (Å²) in [6.07, 6.45) is 4.06. The number of aliphatic hydroxyl groups excluding tert-OH is 1. The van der Waals surface area contributed by atoms with Gasteiger partial charge in [0.2, 0.25) is 0 Å². The molecule has 156 valence electrons. The third kappa shape index (κ3) is 4.09. The Bertz CT molecular complexity index is 841. The van der Waals surface area contributed by atoms with Crippen molar-refractivity contribution in [3.63, 3.8) is 0 Å². The van der Waals surface area contributed by atoms with Crippen molar-refractivity contribution in [2.45, 2.75) is 31.5 Å². The molecule has 2 aromatic heterocycles. The van der Waals surface area contributed by atoms with Crippen LogP contribution in [0.5, 0.6) is 11.5 Å². The monoisotopic (exact) mass is 401 g/mol. The Morgan fingerprint density at radius 2 is 2.07 bits per heavy atom. The molecule has 2 N–H and O–H groups in total. The minimum Gasteiger partial charge on any atom is -0.493 e. The highest BCUT2D eigenvalue weighted by Crippen LogP contribution is 2.38. The average molecular weight is 401 g/mol. The summed E-state index contributed by atoms with van der Waals surface area (Å²) in [5, 5.41) is 13.5. The quantitative estimate of drug-likeness (QED) is 0.760. The van der Waals surface area contributed by atoms with E-state index < -0.39 is 6.10 Å². The molecule has 0 unspecified atom stereocenters. The van der Waals surface area contributed by atoms with Gasteiger partial charge in [-0.15, -0.1) is 0 Å². The molecule has 1 amide bonds. The fourth-order valence-corrected chi connectivity index (χ4v) is 4.63. The first-order chi connectivity index (χ1) is 14.1. The summed E-state index contributed by atoms with van der Waals surface area (Å²) < 4.78 is 16.0. The van der Waals surface area contributed by atoms with E-state index in [1.54, 1.807) is 38.6 Å². The molecule has 4 rings (SSSR count). The second kappa shape index (κ2) is 8.42. The number of amides is 1. The van der Waals surface area contributed by atoms with Gasteiger partial charge in [-0.05, 0) is 36.8 Å². The highest BCUT2D eigenvalue weighted by Gasteiger charge is 2.42. The smallest absolute Gasteiger partial charge is 0.287 e. The van der Waals surface area contributed by atoms with Crippen molar-refractivity contribution in [3.8, 4) is 11.5 Å². The fraction of sp³-hybridized carbons (Fsp3) is 0.524. The zero-order valence-corrected chi connectivity index (χ0v) is 16.7. The van der Waals surface area contributed by atoms with Gasteiger partial charge in [-0.25, -0.2) is 0 Å². The summed E-state index contributed by atoms with van der Waals surface area (Å²) in [4.78, 5) is 19.1. The van der Waals surface area contributed by atoms with Gasteiger partial charge >= 0.3 is 0 Å². The lowest BCUT2D eigenvalue weighted by atomic mass is 9.77. The first-order valence-electron chi connectivity index (χ1n) is 9.89. The van der Waals surface area contributed by atoms with E-state index in [4.69, 9.17) is 13.9 Å². The molecule has 0 spiro atoms. The van der Waals surface area contributed by atoms with Gasteiger partial charge in [-0.2, -0.15) is 0 Å². The minimum absolute atomic E-state index is 0.265. The van der Waals surface area contributed by atoms with Crippen molar-refractivity contribution in [1.82, 2.24) is 15.2 Å². The standard InChI is InChI=1S/C21H27N3O5/c1-27-18-5-6-22-16(20(18)28-2)12-24-10-13-8-15(17(25)9-14(13)11-24)23-21(26)19-4-3-7-29-19/h3-7,13-15,17,25H,8-12H2,1-2H3,(H,23,26)/t13-,14+,15-,17-/m0/s1. The van der Waals surface area contributed by atoms with Gasteiger partial charge in [0.05, 0.1) is 32.6 Å². The van der Waals surface area contributed by atoms with Crippen molar-refractivity contribution < 1.29 is 23.8 Å². The van der Waals surface area contributed by atoms with Crippen LogP contribution in [0.2, 0.25) is 0 Å². The third-order valence-electron chi connectivity index (χ3n) is 6.02. The van der Waals surface area contributed by atoms with Crippen molar-refractivity contribution in [3.05, 3.63) is 42.1 Å². The van der Waals surface area contributed by atoms with E-state index in [2.05, 4.69) is 15.2 Å². The molecule has 3 heterocycles. The summed E-state index contributed by atoms with van der Waals surface area (Å²) in [5.74, 6) is 2.13. The molecule has 29 heavy (non-hydrogen) atoms. The Morgan fingerprint density at radius 1 is 1.28 bits per heavy atom. The zero-order chi connectivity index (χ0) is 20.4. The highest BCUT2D eigenvalue weighted by atomic mass is 16.5. The maximum atomic E-state index is 12.3. The van der Waals surface area contributed by atoms with E-state index in [0.29, 0.717) is 36.3 Å². The van der Waals surface area contributed by atoms with Crippen molar-refractivity contribution in [1.29, 1.82) is 0 Å². The van der Waals surface area contributed by atoms with E-state index in [0.717, 1.165) is 25.2 Å². The minimum atomic E-state index is -0.556. The summed E-state index contributed by atoms with van der Waals surface area (Å²) >= 11 is 0. The number of ether oxygens (including phenoxy) is 2. The molecule has 1 aliphatic heterocycles. The van der Waals surface area contributed by atoms with Crippen LogP contribution in [0.1, 0.15) is 29.1 Å². The number of aliphatic hydroxyl groups is 1. The molecule has 0 bridgehead atoms. The number of rotatable bonds is 6. The predicted molar refractivity (Wildman–Crippen MR) is 105 cm³/mol. The number of furan rings is 1. The molecule has 2 aliphatic rings. The first kappa shape index (κ1) is 19.7. The number of hydrogen-bond acceptors (Lipinski definition) is 7. The predicted octanol–water partition coefficient (Wildman–Crippen LogP) is 1.69. The number of fused-ring (bicyclic) bond motifs is 1. The van der Waals surface area contributed by atoms with E-state index in [-0.39, 0.29) is 17.7 Å². The summed E-state index contributed by atoms with van der Waals surface area (Å²) in [6.45, 7) is 2.45. The molecule has 2 aromatic rings. The molecular weight excluding hydrogens is 374 g/mol. The number of hydrogen-bond donors (Lipinski definition) is 2. The summed E-state index contributed by atoms with van der Waals surface area (Å²) in [6, 6.07) is 4.82. The SMILES string of the molecule is COc1ccnc(CN2C[C@H]3C[C@H](O)[C@@H](NC(=O)c4ccco4)C[C@H]3C2)c1OC. The summed E-state index contributed by atoms with van der Waals surface area (Å²) in [7, 11) is 3.24. The van der Waals surface area contributed by atoms with E-state index >= 15 is 0 Å². The normalized spacial score (nSPS) is 26.7. The molecule has 4 atom stereocenters. The maximum Gasteiger partial charge on any atom is 0.287 e.